The Morgan fingerprint density at radius 3 is 2.39 bits per heavy atom. The van der Waals surface area contributed by atoms with Gasteiger partial charge in [0.1, 0.15) is 0 Å². The van der Waals surface area contributed by atoms with Gasteiger partial charge in [0.05, 0.1) is 21.2 Å². The minimum atomic E-state index is -3.71. The first-order valence-electron chi connectivity index (χ1n) is 6.81. The number of nitrogens with zero attached hydrogens (tertiary/aromatic N) is 1. The molecule has 0 saturated heterocycles. The summed E-state index contributed by atoms with van der Waals surface area (Å²) in [6.45, 7) is 1.82. The molecule has 122 valence electrons. The minimum absolute atomic E-state index is 0.169. The molecule has 7 heteroatoms. The summed E-state index contributed by atoms with van der Waals surface area (Å²) in [6, 6.07) is 11.0. The van der Waals surface area contributed by atoms with Crippen molar-refractivity contribution in [3.63, 3.8) is 0 Å². The third-order valence-corrected chi connectivity index (χ3v) is 4.85. The quantitative estimate of drug-likeness (QED) is 0.919. The fourth-order valence-corrected chi connectivity index (χ4v) is 3.40. The molecule has 0 radical (unpaired) electrons. The highest BCUT2D eigenvalue weighted by atomic mass is 35.5. The van der Waals surface area contributed by atoms with Gasteiger partial charge in [-0.3, -0.25) is 9.52 Å². The number of carbonyl (C=O) groups is 1. The first-order chi connectivity index (χ1) is 10.7. The molecule has 0 spiro atoms. The highest BCUT2D eigenvalue weighted by Crippen LogP contribution is 2.24. The third-order valence-electron chi connectivity index (χ3n) is 3.16. The van der Waals surface area contributed by atoms with Crippen molar-refractivity contribution in [1.29, 1.82) is 0 Å². The van der Waals surface area contributed by atoms with Gasteiger partial charge in [-0.05, 0) is 42.8 Å². The molecule has 2 aromatic rings. The summed E-state index contributed by atoms with van der Waals surface area (Å²) in [5.74, 6) is -0.247. The Bertz CT molecular complexity index is 848. The van der Waals surface area contributed by atoms with E-state index >= 15 is 0 Å². The molecule has 0 unspecified atom stereocenters. The fraction of sp³-hybridized carbons (Fsp3) is 0.188. The largest absolute Gasteiger partial charge is 0.345 e. The number of halogens is 1. The topological polar surface area (TPSA) is 66.5 Å². The standard InChI is InChI=1S/C16H17ClN2O3S/c1-11-5-4-6-13(9-11)23(21,22)18-12-7-8-14(15(17)10-12)16(20)19(2)3/h4-10,18H,1-3H3. The van der Waals surface area contributed by atoms with Crippen LogP contribution in [0.15, 0.2) is 47.4 Å². The molecule has 0 saturated carbocycles. The molecule has 0 aliphatic rings. The van der Waals surface area contributed by atoms with E-state index in [2.05, 4.69) is 4.72 Å². The maximum atomic E-state index is 12.4. The van der Waals surface area contributed by atoms with Crippen molar-refractivity contribution < 1.29 is 13.2 Å². The predicted octanol–water partition coefficient (Wildman–Crippen LogP) is 3.15. The van der Waals surface area contributed by atoms with E-state index < -0.39 is 10.0 Å². The summed E-state index contributed by atoms with van der Waals surface area (Å²) in [7, 11) is -0.470. The van der Waals surface area contributed by atoms with Crippen molar-refractivity contribution in [3.05, 3.63) is 58.6 Å². The van der Waals surface area contributed by atoms with Crippen molar-refractivity contribution in [2.45, 2.75) is 11.8 Å². The van der Waals surface area contributed by atoms with Crippen molar-refractivity contribution in [2.24, 2.45) is 0 Å². The molecule has 0 aliphatic heterocycles. The van der Waals surface area contributed by atoms with E-state index in [1.165, 1.54) is 29.2 Å². The van der Waals surface area contributed by atoms with Gasteiger partial charge < -0.3 is 4.90 Å². The summed E-state index contributed by atoms with van der Waals surface area (Å²) in [6.07, 6.45) is 0. The second-order valence-corrected chi connectivity index (χ2v) is 7.41. The van der Waals surface area contributed by atoms with E-state index in [0.717, 1.165) is 5.56 Å². The Hall–Kier alpha value is -2.05. The molecular formula is C16H17ClN2O3S. The second-order valence-electron chi connectivity index (χ2n) is 5.32. The number of hydrogen-bond donors (Lipinski definition) is 1. The molecule has 5 nitrogen and oxygen atoms in total. The average Bonchev–Trinajstić information content (AvgIpc) is 2.46. The Morgan fingerprint density at radius 2 is 1.83 bits per heavy atom. The van der Waals surface area contributed by atoms with Gasteiger partial charge in [0.15, 0.2) is 0 Å². The van der Waals surface area contributed by atoms with Gasteiger partial charge in [0.25, 0.3) is 15.9 Å². The predicted molar refractivity (Wildman–Crippen MR) is 91.5 cm³/mol. The molecule has 2 aromatic carbocycles. The smallest absolute Gasteiger partial charge is 0.261 e. The summed E-state index contributed by atoms with van der Waals surface area (Å²) >= 11 is 6.09. The number of aryl methyl sites for hydroxylation is 1. The van der Waals surface area contributed by atoms with Crippen LogP contribution >= 0.6 is 11.6 Å². The molecule has 0 fully saturated rings. The number of rotatable bonds is 4. The summed E-state index contributed by atoms with van der Waals surface area (Å²) in [4.78, 5) is 13.5. The van der Waals surface area contributed by atoms with Crippen LogP contribution in [0.5, 0.6) is 0 Å². The highest BCUT2D eigenvalue weighted by molar-refractivity contribution is 7.92. The van der Waals surface area contributed by atoms with E-state index in [4.69, 9.17) is 11.6 Å². The Balaban J connectivity index is 2.30. The molecule has 23 heavy (non-hydrogen) atoms. The SMILES string of the molecule is Cc1cccc(S(=O)(=O)Nc2ccc(C(=O)N(C)C)c(Cl)c2)c1. The Labute approximate surface area is 140 Å². The minimum Gasteiger partial charge on any atom is -0.345 e. The number of carbonyl (C=O) groups excluding carboxylic acids is 1. The number of amides is 1. The fourth-order valence-electron chi connectivity index (χ4n) is 1.99. The van der Waals surface area contributed by atoms with Crippen molar-refractivity contribution >= 4 is 33.2 Å². The van der Waals surface area contributed by atoms with Crippen LogP contribution in [0.1, 0.15) is 15.9 Å². The normalized spacial score (nSPS) is 11.1. The zero-order chi connectivity index (χ0) is 17.2. The maximum absolute atomic E-state index is 12.4. The first-order valence-corrected chi connectivity index (χ1v) is 8.67. The van der Waals surface area contributed by atoms with Gasteiger partial charge in [-0.15, -0.1) is 0 Å². The molecule has 0 bridgehead atoms. The molecule has 0 aromatic heterocycles. The van der Waals surface area contributed by atoms with Crippen LogP contribution in [0.3, 0.4) is 0 Å². The molecule has 0 heterocycles. The van der Waals surface area contributed by atoms with Crippen LogP contribution in [0.25, 0.3) is 0 Å². The Morgan fingerprint density at radius 1 is 1.13 bits per heavy atom. The van der Waals surface area contributed by atoms with E-state index in [0.29, 0.717) is 11.3 Å². The molecule has 0 aliphatic carbocycles. The number of hydrogen-bond acceptors (Lipinski definition) is 3. The molecular weight excluding hydrogens is 336 g/mol. The molecule has 1 N–H and O–H groups in total. The number of anilines is 1. The monoisotopic (exact) mass is 352 g/mol. The van der Waals surface area contributed by atoms with Crippen molar-refractivity contribution in [3.8, 4) is 0 Å². The van der Waals surface area contributed by atoms with Gasteiger partial charge in [0.2, 0.25) is 0 Å². The lowest BCUT2D eigenvalue weighted by Crippen LogP contribution is -2.22. The number of benzene rings is 2. The summed E-state index contributed by atoms with van der Waals surface area (Å²) < 4.78 is 27.2. The van der Waals surface area contributed by atoms with Gasteiger partial charge in [-0.2, -0.15) is 0 Å². The molecule has 2 rings (SSSR count). The van der Waals surface area contributed by atoms with E-state index in [1.807, 2.05) is 13.0 Å². The molecule has 0 atom stereocenters. The van der Waals surface area contributed by atoms with Crippen LogP contribution in [-0.4, -0.2) is 33.3 Å². The second kappa shape index (κ2) is 6.60. The highest BCUT2D eigenvalue weighted by Gasteiger charge is 2.17. The van der Waals surface area contributed by atoms with Crippen molar-refractivity contribution in [2.75, 3.05) is 18.8 Å². The van der Waals surface area contributed by atoms with E-state index in [-0.39, 0.29) is 15.8 Å². The number of sulfonamides is 1. The lowest BCUT2D eigenvalue weighted by molar-refractivity contribution is 0.0828. The third kappa shape index (κ3) is 4.03. The Kier molecular flexibility index (Phi) is 4.97. The lowest BCUT2D eigenvalue weighted by atomic mass is 10.2. The van der Waals surface area contributed by atoms with E-state index in [1.54, 1.807) is 26.2 Å². The summed E-state index contributed by atoms with van der Waals surface area (Å²) in [5.41, 5.74) is 1.46. The van der Waals surface area contributed by atoms with Crippen LogP contribution in [0, 0.1) is 6.92 Å². The lowest BCUT2D eigenvalue weighted by Gasteiger charge is -2.13. The number of nitrogens with one attached hydrogen (secondary N) is 1. The maximum Gasteiger partial charge on any atom is 0.261 e. The van der Waals surface area contributed by atoms with Crippen LogP contribution < -0.4 is 4.72 Å². The zero-order valence-corrected chi connectivity index (χ0v) is 14.6. The zero-order valence-electron chi connectivity index (χ0n) is 13.0. The van der Waals surface area contributed by atoms with Gasteiger partial charge in [-0.1, -0.05) is 23.7 Å². The van der Waals surface area contributed by atoms with Crippen LogP contribution in [0.2, 0.25) is 5.02 Å². The molecule has 1 amide bonds. The average molecular weight is 353 g/mol. The van der Waals surface area contributed by atoms with Gasteiger partial charge in [0, 0.05) is 14.1 Å². The van der Waals surface area contributed by atoms with Gasteiger partial charge >= 0.3 is 0 Å². The van der Waals surface area contributed by atoms with Crippen LogP contribution in [0.4, 0.5) is 5.69 Å². The van der Waals surface area contributed by atoms with Gasteiger partial charge in [-0.25, -0.2) is 8.42 Å². The van der Waals surface area contributed by atoms with Crippen molar-refractivity contribution in [1.82, 2.24) is 4.90 Å². The van der Waals surface area contributed by atoms with Crippen LogP contribution in [-0.2, 0) is 10.0 Å². The first kappa shape index (κ1) is 17.3. The van der Waals surface area contributed by atoms with E-state index in [9.17, 15) is 13.2 Å². The summed E-state index contributed by atoms with van der Waals surface area (Å²) in [5, 5.41) is 0.188.